The quantitative estimate of drug-likeness (QED) is 0.547. The van der Waals surface area contributed by atoms with E-state index in [4.69, 9.17) is 0 Å². The van der Waals surface area contributed by atoms with E-state index >= 15 is 0 Å². The summed E-state index contributed by atoms with van der Waals surface area (Å²) >= 11 is 1.58. The van der Waals surface area contributed by atoms with E-state index in [2.05, 4.69) is 5.32 Å². The molecule has 0 fully saturated rings. The SMILES string of the molecule is C/C=C/CCN(/C=C/C)C(=O)C(O)C(O)C(=O)NCCc1cccs1. The van der Waals surface area contributed by atoms with E-state index in [1.807, 2.05) is 36.6 Å². The maximum Gasteiger partial charge on any atom is 0.258 e. The Morgan fingerprint density at radius 2 is 2.04 bits per heavy atom. The Kier molecular flexibility index (Phi) is 9.76. The lowest BCUT2D eigenvalue weighted by Crippen LogP contribution is -2.50. The molecule has 7 heteroatoms. The van der Waals surface area contributed by atoms with Gasteiger partial charge < -0.3 is 20.4 Å². The predicted octanol–water partition coefficient (Wildman–Crippen LogP) is 1.46. The van der Waals surface area contributed by atoms with Crippen LogP contribution in [0.4, 0.5) is 0 Å². The summed E-state index contributed by atoms with van der Waals surface area (Å²) in [5, 5.41) is 24.5. The topological polar surface area (TPSA) is 89.9 Å². The molecule has 0 aliphatic rings. The Hall–Kier alpha value is -1.96. The van der Waals surface area contributed by atoms with Crippen molar-refractivity contribution < 1.29 is 19.8 Å². The molecule has 0 saturated carbocycles. The van der Waals surface area contributed by atoms with Gasteiger partial charge in [-0.2, -0.15) is 0 Å². The molecule has 0 bridgehead atoms. The van der Waals surface area contributed by atoms with Gasteiger partial charge in [-0.3, -0.25) is 9.59 Å². The van der Waals surface area contributed by atoms with Crippen LogP contribution >= 0.6 is 11.3 Å². The van der Waals surface area contributed by atoms with Gasteiger partial charge in [0.25, 0.3) is 11.8 Å². The first-order valence-electron chi connectivity index (χ1n) is 8.22. The molecule has 1 aromatic rings. The smallest absolute Gasteiger partial charge is 0.258 e. The second-order valence-electron chi connectivity index (χ2n) is 5.38. The summed E-state index contributed by atoms with van der Waals surface area (Å²) in [6, 6.07) is 3.87. The average molecular weight is 366 g/mol. The van der Waals surface area contributed by atoms with E-state index in [9.17, 15) is 19.8 Å². The third-order valence-corrected chi connectivity index (χ3v) is 4.39. The molecule has 2 amide bonds. The van der Waals surface area contributed by atoms with Gasteiger partial charge in [0.1, 0.15) is 0 Å². The third-order valence-electron chi connectivity index (χ3n) is 3.46. The van der Waals surface area contributed by atoms with Gasteiger partial charge in [0.15, 0.2) is 12.2 Å². The van der Waals surface area contributed by atoms with Crippen LogP contribution in [0.25, 0.3) is 0 Å². The highest BCUT2D eigenvalue weighted by atomic mass is 32.1. The number of rotatable bonds is 10. The number of amides is 2. The maximum atomic E-state index is 12.3. The first-order chi connectivity index (χ1) is 12.0. The Bertz CT molecular complexity index is 584. The van der Waals surface area contributed by atoms with Gasteiger partial charge in [-0.05, 0) is 38.1 Å². The van der Waals surface area contributed by atoms with Gasteiger partial charge in [-0.15, -0.1) is 11.3 Å². The number of hydrogen-bond donors (Lipinski definition) is 3. The molecular weight excluding hydrogens is 340 g/mol. The number of aliphatic hydroxyl groups excluding tert-OH is 2. The molecule has 2 unspecified atom stereocenters. The number of aliphatic hydroxyl groups is 2. The molecule has 138 valence electrons. The second-order valence-corrected chi connectivity index (χ2v) is 6.41. The van der Waals surface area contributed by atoms with Crippen LogP contribution in [0.15, 0.2) is 41.9 Å². The highest BCUT2D eigenvalue weighted by molar-refractivity contribution is 7.09. The average Bonchev–Trinajstić information content (AvgIpc) is 3.12. The molecule has 0 aromatic carbocycles. The van der Waals surface area contributed by atoms with E-state index in [1.54, 1.807) is 24.3 Å². The molecule has 3 N–H and O–H groups in total. The van der Waals surface area contributed by atoms with Crippen LogP contribution < -0.4 is 5.32 Å². The van der Waals surface area contributed by atoms with Gasteiger partial charge in [0.05, 0.1) is 0 Å². The molecule has 0 aliphatic carbocycles. The third kappa shape index (κ3) is 7.21. The zero-order valence-electron chi connectivity index (χ0n) is 14.6. The summed E-state index contributed by atoms with van der Waals surface area (Å²) in [6.07, 6.45) is 4.59. The standard InChI is InChI=1S/C18H26N2O4S/c1-3-5-6-12-20(11-4-2)18(24)16(22)15(21)17(23)19-10-9-14-8-7-13-25-14/h3-5,7-8,11,13,15-16,21-22H,6,9-10,12H2,1-2H3,(H,19,23)/b5-3+,11-4+. The van der Waals surface area contributed by atoms with Crippen molar-refractivity contribution in [3.05, 3.63) is 46.8 Å². The van der Waals surface area contributed by atoms with Crippen LogP contribution in [0.2, 0.25) is 0 Å². The molecule has 1 rings (SSSR count). The summed E-state index contributed by atoms with van der Waals surface area (Å²) in [7, 11) is 0. The van der Waals surface area contributed by atoms with E-state index in [1.165, 1.54) is 11.1 Å². The van der Waals surface area contributed by atoms with Crippen LogP contribution in [-0.2, 0) is 16.0 Å². The van der Waals surface area contributed by atoms with Crippen molar-refractivity contribution in [3.8, 4) is 0 Å². The number of hydrogen-bond acceptors (Lipinski definition) is 5. The zero-order chi connectivity index (χ0) is 18.7. The minimum atomic E-state index is -1.80. The Balaban J connectivity index is 2.53. The molecule has 6 nitrogen and oxygen atoms in total. The highest BCUT2D eigenvalue weighted by Crippen LogP contribution is 2.08. The van der Waals surface area contributed by atoms with Crippen LogP contribution in [-0.4, -0.2) is 52.2 Å². The lowest BCUT2D eigenvalue weighted by atomic mass is 10.1. The van der Waals surface area contributed by atoms with Crippen LogP contribution in [0.3, 0.4) is 0 Å². The summed E-state index contributed by atoms with van der Waals surface area (Å²) < 4.78 is 0. The monoisotopic (exact) mass is 366 g/mol. The predicted molar refractivity (Wildman–Crippen MR) is 99.0 cm³/mol. The van der Waals surface area contributed by atoms with E-state index in [0.29, 0.717) is 25.9 Å². The Labute approximate surface area is 152 Å². The van der Waals surface area contributed by atoms with Crippen molar-refractivity contribution in [2.24, 2.45) is 0 Å². The maximum absolute atomic E-state index is 12.3. The molecule has 0 radical (unpaired) electrons. The Morgan fingerprint density at radius 1 is 1.28 bits per heavy atom. The number of carbonyl (C=O) groups excluding carboxylic acids is 2. The van der Waals surface area contributed by atoms with Crippen molar-refractivity contribution in [1.82, 2.24) is 10.2 Å². The van der Waals surface area contributed by atoms with E-state index in [0.717, 1.165) is 4.88 Å². The Morgan fingerprint density at radius 3 is 2.64 bits per heavy atom. The molecule has 1 heterocycles. The van der Waals surface area contributed by atoms with Gasteiger partial charge in [-0.25, -0.2) is 0 Å². The molecule has 2 atom stereocenters. The number of allylic oxidation sites excluding steroid dienone is 2. The van der Waals surface area contributed by atoms with Crippen molar-refractivity contribution in [2.45, 2.75) is 38.9 Å². The first-order valence-corrected chi connectivity index (χ1v) is 9.09. The summed E-state index contributed by atoms with van der Waals surface area (Å²) in [5.41, 5.74) is 0. The van der Waals surface area contributed by atoms with Crippen molar-refractivity contribution >= 4 is 23.2 Å². The van der Waals surface area contributed by atoms with Gasteiger partial charge in [-0.1, -0.05) is 24.3 Å². The number of carbonyl (C=O) groups is 2. The van der Waals surface area contributed by atoms with Crippen LogP contribution in [0.5, 0.6) is 0 Å². The minimum Gasteiger partial charge on any atom is -0.380 e. The van der Waals surface area contributed by atoms with E-state index < -0.39 is 24.0 Å². The van der Waals surface area contributed by atoms with Crippen molar-refractivity contribution in [3.63, 3.8) is 0 Å². The van der Waals surface area contributed by atoms with Crippen molar-refractivity contribution in [2.75, 3.05) is 13.1 Å². The molecule has 0 spiro atoms. The number of nitrogens with zero attached hydrogens (tertiary/aromatic N) is 1. The summed E-state index contributed by atoms with van der Waals surface area (Å²) in [4.78, 5) is 26.6. The molecule has 0 saturated heterocycles. The summed E-state index contributed by atoms with van der Waals surface area (Å²) in [5.74, 6) is -1.46. The lowest BCUT2D eigenvalue weighted by Gasteiger charge is -2.23. The molecule has 0 aliphatic heterocycles. The number of thiophene rings is 1. The fourth-order valence-electron chi connectivity index (χ4n) is 2.14. The highest BCUT2D eigenvalue weighted by Gasteiger charge is 2.32. The zero-order valence-corrected chi connectivity index (χ0v) is 15.4. The normalized spacial score (nSPS) is 13.9. The fourth-order valence-corrected chi connectivity index (χ4v) is 2.84. The fraction of sp³-hybridized carbons (Fsp3) is 0.444. The summed E-state index contributed by atoms with van der Waals surface area (Å²) in [6.45, 7) is 4.31. The van der Waals surface area contributed by atoms with Crippen LogP contribution in [0.1, 0.15) is 25.1 Å². The molecular formula is C18H26N2O4S. The second kappa shape index (κ2) is 11.6. The largest absolute Gasteiger partial charge is 0.380 e. The first kappa shape index (κ1) is 21.1. The van der Waals surface area contributed by atoms with Gasteiger partial charge in [0, 0.05) is 24.2 Å². The van der Waals surface area contributed by atoms with E-state index in [-0.39, 0.29) is 0 Å². The van der Waals surface area contributed by atoms with Gasteiger partial charge in [0.2, 0.25) is 0 Å². The van der Waals surface area contributed by atoms with Crippen molar-refractivity contribution in [1.29, 1.82) is 0 Å². The minimum absolute atomic E-state index is 0.331. The number of nitrogens with one attached hydrogen (secondary N) is 1. The van der Waals surface area contributed by atoms with Gasteiger partial charge >= 0.3 is 0 Å². The molecule has 25 heavy (non-hydrogen) atoms. The van der Waals surface area contributed by atoms with Crippen LogP contribution in [0, 0.1) is 0 Å². The lowest BCUT2D eigenvalue weighted by molar-refractivity contribution is -0.151. The molecule has 1 aromatic heterocycles.